The Morgan fingerprint density at radius 3 is 0.961 bits per heavy atom. The number of carbonyl (C=O) groups excluding carboxylic acids is 7. The molecule has 0 aromatic heterocycles. The maximum absolute atomic E-state index is 12.7. The number of carboxylic acids is 1. The summed E-state index contributed by atoms with van der Waals surface area (Å²) >= 11 is 0. The highest BCUT2D eigenvalue weighted by molar-refractivity contribution is 5.90. The van der Waals surface area contributed by atoms with Gasteiger partial charge < -0.3 is 61.5 Å². The molecule has 454 valence electrons. The zero-order chi connectivity index (χ0) is 58.8. The molecule has 22 heteroatoms. The van der Waals surface area contributed by atoms with E-state index in [4.69, 9.17) is 35.5 Å². The summed E-state index contributed by atoms with van der Waals surface area (Å²) in [5.41, 5.74) is 9.75. The lowest BCUT2D eigenvalue weighted by Crippen LogP contribution is -2.53. The average Bonchev–Trinajstić information content (AvgIpc) is 3.15. The SMILES string of the molecule is C.CC(C)(C)C[C@H](NC(=O)OC(C)(C)C)C(=O)O.COC(=O)[C@@H](N)CC(C)(C)C.COC(=O)[C@H](CC(C)C)NC(=O)[C@@H](N)CC(C)(C)C.COC(=O)[C@H](CC(C)C)NC(=O)[C@H](CC(C)(C)C)NC(=O)OC(C)(C)C.Cl.Cl. The summed E-state index contributed by atoms with van der Waals surface area (Å²) in [5.74, 6) is -2.56. The van der Waals surface area contributed by atoms with Gasteiger partial charge in [-0.1, -0.05) is 118 Å². The van der Waals surface area contributed by atoms with Crippen molar-refractivity contribution in [1.29, 1.82) is 0 Å². The van der Waals surface area contributed by atoms with Crippen LogP contribution in [-0.2, 0) is 52.5 Å². The highest BCUT2D eigenvalue weighted by Gasteiger charge is 2.33. The molecule has 0 spiro atoms. The van der Waals surface area contributed by atoms with Gasteiger partial charge in [0.15, 0.2) is 0 Å². The molecule has 6 atom stereocenters. The van der Waals surface area contributed by atoms with Gasteiger partial charge in [0.2, 0.25) is 11.8 Å². The quantitative estimate of drug-likeness (QED) is 0.0497. The van der Waals surface area contributed by atoms with E-state index in [0.29, 0.717) is 38.5 Å². The van der Waals surface area contributed by atoms with Crippen molar-refractivity contribution in [3.63, 3.8) is 0 Å². The molecule has 0 saturated heterocycles. The number of carboxylic acid groups (broad SMARTS) is 1. The fourth-order valence-corrected chi connectivity index (χ4v) is 6.39. The number of ether oxygens (including phenoxy) is 5. The molecule has 0 heterocycles. The first-order valence-electron chi connectivity index (χ1n) is 25.1. The molecule has 76 heavy (non-hydrogen) atoms. The van der Waals surface area contributed by atoms with Gasteiger partial charge in [-0.15, -0.1) is 24.8 Å². The Kier molecular flexibility index (Phi) is 43.4. The van der Waals surface area contributed by atoms with Gasteiger partial charge in [-0.3, -0.25) is 14.4 Å². The van der Waals surface area contributed by atoms with E-state index >= 15 is 0 Å². The van der Waals surface area contributed by atoms with Gasteiger partial charge in [-0.25, -0.2) is 24.0 Å². The Balaban J connectivity index is -0.000000171. The fourth-order valence-electron chi connectivity index (χ4n) is 6.39. The molecular formula is C54H110Cl2N6O14. The van der Waals surface area contributed by atoms with Gasteiger partial charge in [-0.2, -0.15) is 0 Å². The first kappa shape index (κ1) is 85.8. The second-order valence-electron chi connectivity index (χ2n) is 26.0. The minimum absolute atomic E-state index is 0. The predicted molar refractivity (Wildman–Crippen MR) is 306 cm³/mol. The van der Waals surface area contributed by atoms with Gasteiger partial charge in [0.1, 0.15) is 41.4 Å². The maximum Gasteiger partial charge on any atom is 0.408 e. The molecule has 0 fully saturated rings. The van der Waals surface area contributed by atoms with Crippen LogP contribution >= 0.6 is 24.8 Å². The number of amides is 4. The van der Waals surface area contributed by atoms with Gasteiger partial charge >= 0.3 is 36.1 Å². The van der Waals surface area contributed by atoms with Crippen LogP contribution < -0.4 is 32.7 Å². The third kappa shape index (κ3) is 51.9. The van der Waals surface area contributed by atoms with E-state index in [0.717, 1.165) is 0 Å². The molecule has 0 aromatic rings. The molecule has 0 aliphatic carbocycles. The Bertz CT molecular complexity index is 1710. The molecular weight excluding hydrogens is 1030 g/mol. The van der Waals surface area contributed by atoms with Crippen molar-refractivity contribution in [2.75, 3.05) is 21.3 Å². The maximum atomic E-state index is 12.7. The first-order chi connectivity index (χ1) is 32.5. The molecule has 4 amide bonds. The van der Waals surface area contributed by atoms with E-state index in [2.05, 4.69) is 26.0 Å². The summed E-state index contributed by atoms with van der Waals surface area (Å²) in [6.45, 7) is 42.1. The lowest BCUT2D eigenvalue weighted by atomic mass is 9.87. The lowest BCUT2D eigenvalue weighted by molar-refractivity contribution is -0.146. The highest BCUT2D eigenvalue weighted by Crippen LogP contribution is 2.24. The number of nitrogens with one attached hydrogen (secondary N) is 4. The largest absolute Gasteiger partial charge is 0.480 e. The number of alkyl carbamates (subject to hydrolysis) is 2. The molecule has 9 N–H and O–H groups in total. The van der Waals surface area contributed by atoms with Crippen molar-refractivity contribution < 1.29 is 67.1 Å². The predicted octanol–water partition coefficient (Wildman–Crippen LogP) is 9.28. The molecule has 0 aromatic carbocycles. The minimum Gasteiger partial charge on any atom is -0.480 e. The van der Waals surface area contributed by atoms with Crippen molar-refractivity contribution in [3.05, 3.63) is 0 Å². The standard InChI is InChI=1S/C19H36N2O5.C14H28N2O3.C12H23NO4.C8H17NO2.CH4.2ClH/c1-12(2)10-13(16(23)25-9)20-15(22)14(11-18(3,4)5)21-17(24)26-19(6,7)8;1-9(2)7-11(13(18)19-6)16-12(17)10(15)8-14(3,4)5;1-11(2,3)7-8(9(14)15)13-10(16)17-12(4,5)6;1-8(2,3)5-6(9)7(10)11-4;;;/h12-14H,10-11H2,1-9H3,(H,20,22)(H,21,24);9-11H,7-8,15H2,1-6H3,(H,16,17);8H,7H2,1-6H3,(H,13,16)(H,14,15);6H,5,9H2,1-4H3;1H4;2*1H/t13-,14-;10-,11-;8-;6-;;;/m0000.../s1. The van der Waals surface area contributed by atoms with Gasteiger partial charge in [-0.05, 0) is 114 Å². The van der Waals surface area contributed by atoms with Crippen molar-refractivity contribution in [1.82, 2.24) is 21.3 Å². The van der Waals surface area contributed by atoms with Crippen LogP contribution in [0.2, 0.25) is 0 Å². The number of hydrogen-bond donors (Lipinski definition) is 7. The summed E-state index contributed by atoms with van der Waals surface area (Å²) in [7, 11) is 3.95. The van der Waals surface area contributed by atoms with E-state index in [1.807, 2.05) is 111 Å². The van der Waals surface area contributed by atoms with Gasteiger partial charge in [0.05, 0.1) is 27.4 Å². The van der Waals surface area contributed by atoms with E-state index in [1.165, 1.54) is 21.3 Å². The zero-order valence-electron chi connectivity index (χ0n) is 50.6. The van der Waals surface area contributed by atoms with Crippen LogP contribution in [0.25, 0.3) is 0 Å². The average molecular weight is 1140 g/mol. The van der Waals surface area contributed by atoms with Crippen LogP contribution in [0.5, 0.6) is 0 Å². The number of rotatable bonds is 18. The highest BCUT2D eigenvalue weighted by atomic mass is 35.5. The van der Waals surface area contributed by atoms with Crippen molar-refractivity contribution in [2.24, 2.45) is 45.0 Å². The van der Waals surface area contributed by atoms with Crippen LogP contribution in [0.1, 0.15) is 198 Å². The molecule has 0 aliphatic heterocycles. The van der Waals surface area contributed by atoms with Crippen molar-refractivity contribution >= 4 is 72.7 Å². The van der Waals surface area contributed by atoms with E-state index < -0.39 is 83.5 Å². The Morgan fingerprint density at radius 1 is 0.421 bits per heavy atom. The topological polar surface area (TPSA) is 303 Å². The molecule has 0 bridgehead atoms. The second-order valence-corrected chi connectivity index (χ2v) is 26.0. The van der Waals surface area contributed by atoms with E-state index in [9.17, 15) is 38.4 Å². The number of methoxy groups -OCH3 is 3. The summed E-state index contributed by atoms with van der Waals surface area (Å²) in [6, 6.07) is -4.22. The minimum atomic E-state index is -1.05. The van der Waals surface area contributed by atoms with Crippen LogP contribution in [0.3, 0.4) is 0 Å². The molecule has 0 saturated carbocycles. The third-order valence-electron chi connectivity index (χ3n) is 9.15. The second kappa shape index (κ2) is 38.4. The molecule has 0 unspecified atom stereocenters. The van der Waals surface area contributed by atoms with E-state index in [1.54, 1.807) is 41.5 Å². The normalized spacial score (nSPS) is 13.9. The van der Waals surface area contributed by atoms with Crippen molar-refractivity contribution in [3.8, 4) is 0 Å². The zero-order valence-corrected chi connectivity index (χ0v) is 52.2. The lowest BCUT2D eigenvalue weighted by Gasteiger charge is -2.29. The Labute approximate surface area is 471 Å². The Hall–Kier alpha value is -4.14. The first-order valence-corrected chi connectivity index (χ1v) is 25.1. The van der Waals surface area contributed by atoms with E-state index in [-0.39, 0.29) is 77.6 Å². The Morgan fingerprint density at radius 2 is 0.697 bits per heavy atom. The number of nitrogens with two attached hydrogens (primary N) is 2. The number of esters is 3. The number of hydrogen-bond acceptors (Lipinski definition) is 15. The number of carbonyl (C=O) groups is 8. The monoisotopic (exact) mass is 1140 g/mol. The summed E-state index contributed by atoms with van der Waals surface area (Å²) in [5, 5.41) is 19.4. The summed E-state index contributed by atoms with van der Waals surface area (Å²) < 4.78 is 24.2. The summed E-state index contributed by atoms with van der Waals surface area (Å²) in [4.78, 5) is 93.7. The van der Waals surface area contributed by atoms with Crippen LogP contribution in [0.15, 0.2) is 0 Å². The fraction of sp³-hybridized carbons (Fsp3) is 0.852. The third-order valence-corrected chi connectivity index (χ3v) is 9.15. The van der Waals surface area contributed by atoms with Crippen LogP contribution in [0, 0.1) is 33.5 Å². The van der Waals surface area contributed by atoms with Gasteiger partial charge in [0, 0.05) is 0 Å². The number of halogens is 2. The summed E-state index contributed by atoms with van der Waals surface area (Å²) in [6.07, 6.45) is 1.59. The van der Waals surface area contributed by atoms with Gasteiger partial charge in [0.25, 0.3) is 0 Å². The van der Waals surface area contributed by atoms with Crippen LogP contribution in [0.4, 0.5) is 9.59 Å². The number of aliphatic carboxylic acids is 1. The molecule has 0 aliphatic rings. The molecule has 20 nitrogen and oxygen atoms in total. The molecule has 0 rings (SSSR count). The van der Waals surface area contributed by atoms with Crippen LogP contribution in [-0.4, -0.2) is 122 Å². The van der Waals surface area contributed by atoms with Crippen molar-refractivity contribution in [2.45, 2.75) is 246 Å². The smallest absolute Gasteiger partial charge is 0.408 e. The molecule has 0 radical (unpaired) electrons.